The van der Waals surface area contributed by atoms with E-state index >= 15 is 0 Å². The van der Waals surface area contributed by atoms with Gasteiger partial charge in [0.05, 0.1) is 6.10 Å². The highest BCUT2D eigenvalue weighted by molar-refractivity contribution is 6.30. The van der Waals surface area contributed by atoms with Gasteiger partial charge in [0.2, 0.25) is 0 Å². The van der Waals surface area contributed by atoms with Gasteiger partial charge in [-0.25, -0.2) is 9.78 Å². The zero-order valence-corrected chi connectivity index (χ0v) is 13.7. The van der Waals surface area contributed by atoms with E-state index in [2.05, 4.69) is 15.6 Å². The molecule has 0 aliphatic heterocycles. The average Bonchev–Trinajstić information content (AvgIpc) is 2.92. The highest BCUT2D eigenvalue weighted by Crippen LogP contribution is 2.20. The molecule has 24 heavy (non-hydrogen) atoms. The summed E-state index contributed by atoms with van der Waals surface area (Å²) < 4.78 is 5.38. The maximum absolute atomic E-state index is 11.9. The molecule has 2 amide bonds. The summed E-state index contributed by atoms with van der Waals surface area (Å²) in [5.74, 6) is 0.567. The van der Waals surface area contributed by atoms with E-state index in [4.69, 9.17) is 16.0 Å². The Labute approximate surface area is 143 Å². The highest BCUT2D eigenvalue weighted by Gasteiger charge is 2.10. The SMILES string of the molecule is Cc1nc2cc(NC(=O)NCC(O)c3ccc(Cl)cc3)ccc2o1. The number of urea groups is 1. The van der Waals surface area contributed by atoms with E-state index in [0.717, 1.165) is 0 Å². The third-order valence-corrected chi connectivity index (χ3v) is 3.72. The molecule has 0 bridgehead atoms. The van der Waals surface area contributed by atoms with Crippen LogP contribution in [0.1, 0.15) is 17.6 Å². The number of rotatable bonds is 4. The lowest BCUT2D eigenvalue weighted by atomic mass is 10.1. The maximum atomic E-state index is 11.9. The first-order chi connectivity index (χ1) is 11.5. The van der Waals surface area contributed by atoms with Crippen LogP contribution in [0.2, 0.25) is 5.02 Å². The number of carbonyl (C=O) groups is 1. The van der Waals surface area contributed by atoms with Gasteiger partial charge >= 0.3 is 6.03 Å². The van der Waals surface area contributed by atoms with Crippen molar-refractivity contribution in [1.29, 1.82) is 0 Å². The zero-order valence-electron chi connectivity index (χ0n) is 12.9. The first-order valence-electron chi connectivity index (χ1n) is 7.37. The largest absolute Gasteiger partial charge is 0.441 e. The van der Waals surface area contributed by atoms with Gasteiger partial charge in [0.1, 0.15) is 5.52 Å². The maximum Gasteiger partial charge on any atom is 0.319 e. The number of halogens is 1. The quantitative estimate of drug-likeness (QED) is 0.673. The van der Waals surface area contributed by atoms with Gasteiger partial charge < -0.3 is 20.2 Å². The summed E-state index contributed by atoms with van der Waals surface area (Å²) >= 11 is 5.80. The minimum absolute atomic E-state index is 0.0821. The lowest BCUT2D eigenvalue weighted by Gasteiger charge is -2.13. The van der Waals surface area contributed by atoms with Crippen LogP contribution in [-0.4, -0.2) is 22.7 Å². The predicted molar refractivity (Wildman–Crippen MR) is 92.2 cm³/mol. The number of oxazole rings is 1. The van der Waals surface area contributed by atoms with E-state index in [0.29, 0.717) is 33.3 Å². The van der Waals surface area contributed by atoms with Gasteiger partial charge in [0.25, 0.3) is 0 Å². The smallest absolute Gasteiger partial charge is 0.319 e. The van der Waals surface area contributed by atoms with Crippen molar-refractivity contribution in [1.82, 2.24) is 10.3 Å². The highest BCUT2D eigenvalue weighted by atomic mass is 35.5. The second-order valence-electron chi connectivity index (χ2n) is 5.32. The van der Waals surface area contributed by atoms with E-state index in [1.54, 1.807) is 49.4 Å². The molecule has 3 N–H and O–H groups in total. The van der Waals surface area contributed by atoms with Crippen LogP contribution in [0.4, 0.5) is 10.5 Å². The fourth-order valence-corrected chi connectivity index (χ4v) is 2.41. The number of aliphatic hydroxyl groups is 1. The van der Waals surface area contributed by atoms with Crippen LogP contribution in [0.25, 0.3) is 11.1 Å². The fraction of sp³-hybridized carbons (Fsp3) is 0.176. The van der Waals surface area contributed by atoms with E-state index in [1.165, 1.54) is 0 Å². The number of anilines is 1. The molecule has 3 rings (SSSR count). The van der Waals surface area contributed by atoms with Crippen LogP contribution in [0.15, 0.2) is 46.9 Å². The number of benzene rings is 2. The van der Waals surface area contributed by atoms with Gasteiger partial charge in [-0.05, 0) is 35.9 Å². The summed E-state index contributed by atoms with van der Waals surface area (Å²) in [5.41, 5.74) is 2.61. The molecule has 0 saturated carbocycles. The molecule has 1 atom stereocenters. The standard InChI is InChI=1S/C17H16ClN3O3/c1-10-20-14-8-13(6-7-16(14)24-10)21-17(23)19-9-15(22)11-2-4-12(18)5-3-11/h2-8,15,22H,9H2,1H3,(H2,19,21,23). The van der Waals surface area contributed by atoms with Crippen molar-refractivity contribution in [2.45, 2.75) is 13.0 Å². The number of hydrogen-bond acceptors (Lipinski definition) is 4. The number of nitrogens with zero attached hydrogens (tertiary/aromatic N) is 1. The Kier molecular flexibility index (Phi) is 4.69. The van der Waals surface area contributed by atoms with Crippen LogP contribution < -0.4 is 10.6 Å². The Morgan fingerprint density at radius 2 is 2.04 bits per heavy atom. The van der Waals surface area contributed by atoms with E-state index in [9.17, 15) is 9.90 Å². The molecule has 3 aromatic rings. The third kappa shape index (κ3) is 3.84. The van der Waals surface area contributed by atoms with Crippen LogP contribution in [0.3, 0.4) is 0 Å². The third-order valence-electron chi connectivity index (χ3n) is 3.46. The van der Waals surface area contributed by atoms with Crippen molar-refractivity contribution in [3.05, 3.63) is 58.9 Å². The van der Waals surface area contributed by atoms with Gasteiger partial charge in [0.15, 0.2) is 11.5 Å². The molecular formula is C17H16ClN3O3. The van der Waals surface area contributed by atoms with Gasteiger partial charge in [-0.2, -0.15) is 0 Å². The summed E-state index contributed by atoms with van der Waals surface area (Å²) in [4.78, 5) is 16.2. The topological polar surface area (TPSA) is 87.4 Å². The number of aromatic nitrogens is 1. The molecule has 0 fully saturated rings. The van der Waals surface area contributed by atoms with E-state index in [1.807, 2.05) is 0 Å². The molecular weight excluding hydrogens is 330 g/mol. The van der Waals surface area contributed by atoms with Gasteiger partial charge in [-0.1, -0.05) is 23.7 Å². The van der Waals surface area contributed by atoms with E-state index < -0.39 is 12.1 Å². The molecule has 0 spiro atoms. The van der Waals surface area contributed by atoms with Gasteiger partial charge in [-0.15, -0.1) is 0 Å². The second kappa shape index (κ2) is 6.90. The molecule has 7 heteroatoms. The Morgan fingerprint density at radius 1 is 1.29 bits per heavy atom. The van der Waals surface area contributed by atoms with Gasteiger partial charge in [-0.3, -0.25) is 0 Å². The molecule has 1 heterocycles. The summed E-state index contributed by atoms with van der Waals surface area (Å²) in [7, 11) is 0. The molecule has 0 aliphatic rings. The Hall–Kier alpha value is -2.57. The Bertz CT molecular complexity index is 861. The summed E-state index contributed by atoms with van der Waals surface area (Å²) in [6.07, 6.45) is -0.811. The minimum Gasteiger partial charge on any atom is -0.441 e. The number of aliphatic hydroxyl groups excluding tert-OH is 1. The fourth-order valence-electron chi connectivity index (χ4n) is 2.29. The zero-order chi connectivity index (χ0) is 17.1. The molecule has 124 valence electrons. The number of aryl methyl sites for hydroxylation is 1. The Balaban J connectivity index is 1.57. The molecule has 1 aromatic heterocycles. The summed E-state index contributed by atoms with van der Waals surface area (Å²) in [5, 5.41) is 16.0. The first kappa shape index (κ1) is 16.3. The lowest BCUT2D eigenvalue weighted by molar-refractivity contribution is 0.175. The van der Waals surface area contributed by atoms with Crippen molar-refractivity contribution >= 4 is 34.4 Å². The van der Waals surface area contributed by atoms with Gasteiger partial charge in [0, 0.05) is 24.2 Å². The number of amides is 2. The number of fused-ring (bicyclic) bond motifs is 1. The van der Waals surface area contributed by atoms with Crippen LogP contribution >= 0.6 is 11.6 Å². The van der Waals surface area contributed by atoms with Crippen LogP contribution in [0.5, 0.6) is 0 Å². The molecule has 0 saturated heterocycles. The molecule has 0 aliphatic carbocycles. The van der Waals surface area contributed by atoms with Crippen molar-refractivity contribution in [3.8, 4) is 0 Å². The normalized spacial score (nSPS) is 12.1. The van der Waals surface area contributed by atoms with Crippen LogP contribution in [0, 0.1) is 6.92 Å². The first-order valence-corrected chi connectivity index (χ1v) is 7.74. The van der Waals surface area contributed by atoms with Crippen molar-refractivity contribution in [2.75, 3.05) is 11.9 Å². The Morgan fingerprint density at radius 3 is 2.79 bits per heavy atom. The van der Waals surface area contributed by atoms with Crippen molar-refractivity contribution in [3.63, 3.8) is 0 Å². The van der Waals surface area contributed by atoms with Crippen molar-refractivity contribution in [2.24, 2.45) is 0 Å². The number of nitrogens with one attached hydrogen (secondary N) is 2. The predicted octanol–water partition coefficient (Wildman–Crippen LogP) is 3.64. The van der Waals surface area contributed by atoms with Crippen molar-refractivity contribution < 1.29 is 14.3 Å². The average molecular weight is 346 g/mol. The second-order valence-corrected chi connectivity index (χ2v) is 5.75. The van der Waals surface area contributed by atoms with E-state index in [-0.39, 0.29) is 6.54 Å². The monoisotopic (exact) mass is 345 g/mol. The summed E-state index contributed by atoms with van der Waals surface area (Å²) in [6, 6.07) is 11.6. The molecule has 1 unspecified atom stereocenters. The molecule has 2 aromatic carbocycles. The summed E-state index contributed by atoms with van der Waals surface area (Å²) in [6.45, 7) is 1.84. The molecule has 6 nitrogen and oxygen atoms in total. The minimum atomic E-state index is -0.811. The lowest BCUT2D eigenvalue weighted by Crippen LogP contribution is -2.32. The van der Waals surface area contributed by atoms with Crippen LogP contribution in [-0.2, 0) is 0 Å². The number of hydrogen-bond donors (Lipinski definition) is 3. The number of carbonyl (C=O) groups excluding carboxylic acids is 1. The molecule has 0 radical (unpaired) electrons.